The highest BCUT2D eigenvalue weighted by Gasteiger charge is 2.33. The Morgan fingerprint density at radius 1 is 1.11 bits per heavy atom. The third-order valence-corrected chi connectivity index (χ3v) is 9.53. The van der Waals surface area contributed by atoms with Gasteiger partial charge in [0.2, 0.25) is 0 Å². The van der Waals surface area contributed by atoms with Crippen LogP contribution in [0.2, 0.25) is 0 Å². The molecule has 2 atom stereocenters. The van der Waals surface area contributed by atoms with Gasteiger partial charge in [-0.2, -0.15) is 13.2 Å². The van der Waals surface area contributed by atoms with Gasteiger partial charge >= 0.3 is 12.1 Å². The van der Waals surface area contributed by atoms with Crippen LogP contribution < -0.4 is 10.2 Å². The van der Waals surface area contributed by atoms with Gasteiger partial charge in [-0.3, -0.25) is 24.7 Å². The smallest absolute Gasteiger partial charge is 0.417 e. The maximum atomic E-state index is 13.3. The number of carbonyl (C=O) groups excluding carboxylic acids is 1. The number of alkyl halides is 3. The number of anilines is 2. The van der Waals surface area contributed by atoms with Crippen LogP contribution in [0.4, 0.5) is 24.1 Å². The van der Waals surface area contributed by atoms with E-state index in [2.05, 4.69) is 41.9 Å². The number of aliphatic carboxylic acids is 1. The summed E-state index contributed by atoms with van der Waals surface area (Å²) in [6, 6.07) is 1.55. The van der Waals surface area contributed by atoms with Gasteiger partial charge in [-0.25, -0.2) is 15.0 Å². The van der Waals surface area contributed by atoms with Crippen molar-refractivity contribution in [1.29, 1.82) is 0 Å². The van der Waals surface area contributed by atoms with E-state index in [4.69, 9.17) is 5.11 Å². The van der Waals surface area contributed by atoms with Crippen molar-refractivity contribution in [3.8, 4) is 10.6 Å². The summed E-state index contributed by atoms with van der Waals surface area (Å²) in [6.07, 6.45) is 0.701. The van der Waals surface area contributed by atoms with E-state index in [9.17, 15) is 22.8 Å². The molecule has 2 aliphatic rings. The van der Waals surface area contributed by atoms with Gasteiger partial charge in [-0.05, 0) is 39.3 Å². The first-order chi connectivity index (χ1) is 20.0. The minimum Gasteiger partial charge on any atom is -0.481 e. The molecule has 0 spiro atoms. The lowest BCUT2D eigenvalue weighted by Gasteiger charge is -2.40. The Labute approximate surface area is 273 Å². The molecule has 44 heavy (non-hydrogen) atoms. The molecule has 1 amide bonds. The van der Waals surface area contributed by atoms with Crippen molar-refractivity contribution in [2.75, 3.05) is 42.9 Å². The molecule has 17 heteroatoms. The predicted octanol–water partition coefficient (Wildman–Crippen LogP) is 5.75. The largest absolute Gasteiger partial charge is 0.481 e. The van der Waals surface area contributed by atoms with Crippen LogP contribution in [-0.2, 0) is 17.5 Å². The third-order valence-electron chi connectivity index (χ3n) is 7.63. The summed E-state index contributed by atoms with van der Waals surface area (Å²) < 4.78 is 39.9. The normalized spacial score (nSPS) is 19.3. The molecular formula is C27H34Cl2F3N7O3S2. The predicted molar refractivity (Wildman–Crippen MR) is 170 cm³/mol. The lowest BCUT2D eigenvalue weighted by Crippen LogP contribution is -2.52. The van der Waals surface area contributed by atoms with E-state index in [1.165, 1.54) is 23.7 Å². The zero-order valence-electron chi connectivity index (χ0n) is 24.0. The first-order valence-electron chi connectivity index (χ1n) is 13.7. The first-order valence-corrected chi connectivity index (χ1v) is 15.4. The topological polar surface area (TPSA) is 115 Å². The van der Waals surface area contributed by atoms with Crippen molar-refractivity contribution < 1.29 is 27.9 Å². The zero-order chi connectivity index (χ0) is 30.0. The maximum Gasteiger partial charge on any atom is 0.417 e. The highest BCUT2D eigenvalue weighted by Crippen LogP contribution is 2.40. The molecule has 0 unspecified atom stereocenters. The summed E-state index contributed by atoms with van der Waals surface area (Å²) in [6.45, 7) is 8.13. The van der Waals surface area contributed by atoms with Gasteiger partial charge in [-0.15, -0.1) is 36.2 Å². The number of amides is 1. The lowest BCUT2D eigenvalue weighted by molar-refractivity contribution is -0.138. The number of carboxylic acids is 1. The molecule has 0 aromatic carbocycles. The van der Waals surface area contributed by atoms with Gasteiger partial charge in [0.25, 0.3) is 5.91 Å². The molecule has 0 saturated carbocycles. The molecule has 2 N–H and O–H groups in total. The summed E-state index contributed by atoms with van der Waals surface area (Å²) in [5.74, 6) is -0.712. The van der Waals surface area contributed by atoms with Gasteiger partial charge < -0.3 is 10.0 Å². The molecule has 3 aromatic heterocycles. The number of nitrogens with one attached hydrogen (secondary N) is 1. The number of hydrogen-bond donors (Lipinski definition) is 2. The molecule has 2 fully saturated rings. The molecular weight excluding hydrogens is 662 g/mol. The molecule has 5 heterocycles. The minimum absolute atomic E-state index is 0. The summed E-state index contributed by atoms with van der Waals surface area (Å²) >= 11 is 2.24. The molecule has 0 bridgehead atoms. The van der Waals surface area contributed by atoms with Crippen molar-refractivity contribution >= 4 is 70.3 Å². The number of carbonyl (C=O) groups is 2. The lowest BCUT2D eigenvalue weighted by atomic mass is 10.2. The number of thiazole rings is 1. The van der Waals surface area contributed by atoms with E-state index in [1.54, 1.807) is 0 Å². The fourth-order valence-corrected chi connectivity index (χ4v) is 7.30. The number of hydrogen-bond acceptors (Lipinski definition) is 10. The number of halogens is 5. The highest BCUT2D eigenvalue weighted by molar-refractivity contribution is 7.17. The second-order valence-corrected chi connectivity index (χ2v) is 12.6. The van der Waals surface area contributed by atoms with E-state index in [1.807, 2.05) is 6.92 Å². The van der Waals surface area contributed by atoms with E-state index in [0.29, 0.717) is 55.2 Å². The van der Waals surface area contributed by atoms with Crippen molar-refractivity contribution in [3.63, 3.8) is 0 Å². The average molecular weight is 697 g/mol. The zero-order valence-corrected chi connectivity index (χ0v) is 27.3. The number of piperazine rings is 1. The summed E-state index contributed by atoms with van der Waals surface area (Å²) in [4.78, 5) is 44.9. The minimum atomic E-state index is -4.44. The van der Waals surface area contributed by atoms with Crippen molar-refractivity contribution in [2.24, 2.45) is 0 Å². The van der Waals surface area contributed by atoms with Crippen molar-refractivity contribution in [1.82, 2.24) is 24.8 Å². The Morgan fingerprint density at radius 3 is 2.48 bits per heavy atom. The summed E-state index contributed by atoms with van der Waals surface area (Å²) in [7, 11) is 0. The number of nitrogens with zero attached hydrogens (tertiary/aromatic N) is 6. The van der Waals surface area contributed by atoms with Crippen LogP contribution in [0.5, 0.6) is 0 Å². The Morgan fingerprint density at radius 2 is 1.89 bits per heavy atom. The van der Waals surface area contributed by atoms with Gasteiger partial charge in [0, 0.05) is 55.1 Å². The monoisotopic (exact) mass is 695 g/mol. The van der Waals surface area contributed by atoms with Crippen LogP contribution in [-0.4, -0.2) is 86.5 Å². The molecule has 2 saturated heterocycles. The van der Waals surface area contributed by atoms with Crippen LogP contribution in [0, 0.1) is 0 Å². The fraction of sp³-hybridized carbons (Fsp3) is 0.519. The van der Waals surface area contributed by atoms with Gasteiger partial charge in [0.05, 0.1) is 34.9 Å². The second-order valence-electron chi connectivity index (χ2n) is 10.7. The number of likely N-dealkylation sites (tertiary alicyclic amines) is 1. The van der Waals surface area contributed by atoms with E-state index in [-0.39, 0.29) is 48.1 Å². The molecule has 3 aromatic rings. The molecule has 2 aliphatic heterocycles. The Kier molecular flexibility index (Phi) is 12.4. The maximum absolute atomic E-state index is 13.3. The quantitative estimate of drug-likeness (QED) is 0.289. The number of aromatic nitrogens is 3. The van der Waals surface area contributed by atoms with Gasteiger partial charge in [0.1, 0.15) is 11.5 Å². The first kappa shape index (κ1) is 35.9. The highest BCUT2D eigenvalue weighted by atomic mass is 35.5. The Hall–Kier alpha value is -2.56. The van der Waals surface area contributed by atoms with Gasteiger partial charge in [0.15, 0.2) is 5.13 Å². The Balaban J connectivity index is 0.00000264. The van der Waals surface area contributed by atoms with Crippen LogP contribution in [0.15, 0.2) is 23.8 Å². The second kappa shape index (κ2) is 15.1. The molecule has 242 valence electrons. The average Bonchev–Trinajstić information content (AvgIpc) is 3.68. The fourth-order valence-electron chi connectivity index (χ4n) is 5.30. The number of carboxylic acid groups (broad SMARTS) is 1. The Bertz CT molecular complexity index is 1420. The number of thiophene rings is 1. The SMILES string of the molecule is C[C@@H]1CCCN1Cc1sc(NC(=O)c2cnc(N3CCN(CCC(=O)O)C[C@H]3C)cn2)nc1-c1cc(C(F)(F)F)cs1.Cl.Cl. The van der Waals surface area contributed by atoms with E-state index < -0.39 is 23.6 Å². The molecule has 5 rings (SSSR count). The van der Waals surface area contributed by atoms with Crippen LogP contribution in [0.1, 0.15) is 54.0 Å². The van der Waals surface area contributed by atoms with Crippen LogP contribution in [0.3, 0.4) is 0 Å². The van der Waals surface area contributed by atoms with E-state index >= 15 is 0 Å². The van der Waals surface area contributed by atoms with E-state index in [0.717, 1.165) is 47.0 Å². The summed E-state index contributed by atoms with van der Waals surface area (Å²) in [5, 5.41) is 13.1. The third kappa shape index (κ3) is 8.57. The molecule has 10 nitrogen and oxygen atoms in total. The standard InChI is InChI=1S/C27H32F3N7O3S2.2ClH/c1-16-4-3-6-36(16)14-21-24(20-10-18(15-41-20)27(28,29)30)33-26(42-21)34-25(40)19-11-32-22(12-31-19)37-9-8-35(13-17(37)2)7-5-23(38)39;;/h10-12,15-17H,3-9,13-14H2,1-2H3,(H,38,39)(H,33,34,40);2*1H/t16-,17-;;/m1../s1. The van der Waals surface area contributed by atoms with Crippen LogP contribution >= 0.6 is 47.5 Å². The van der Waals surface area contributed by atoms with Gasteiger partial charge in [-0.1, -0.05) is 11.3 Å². The van der Waals surface area contributed by atoms with Crippen molar-refractivity contribution in [2.45, 2.75) is 57.9 Å². The van der Waals surface area contributed by atoms with Crippen molar-refractivity contribution in [3.05, 3.63) is 40.0 Å². The number of rotatable bonds is 9. The summed E-state index contributed by atoms with van der Waals surface area (Å²) in [5.41, 5.74) is -0.172. The molecule has 0 radical (unpaired) electrons. The molecule has 0 aliphatic carbocycles. The van der Waals surface area contributed by atoms with Crippen LogP contribution in [0.25, 0.3) is 10.6 Å².